The molecule has 0 spiro atoms. The number of aliphatic hydroxyl groups is 1. The zero-order valence-electron chi connectivity index (χ0n) is 13.7. The summed E-state index contributed by atoms with van der Waals surface area (Å²) < 4.78 is 12.0. The third kappa shape index (κ3) is 6.56. The smallest absolute Gasteiger partial charge is 0.386 e. The summed E-state index contributed by atoms with van der Waals surface area (Å²) in [4.78, 5) is 21.2. The molecule has 1 fully saturated rings. The lowest BCUT2D eigenvalue weighted by molar-refractivity contribution is -0.572. The number of aliphatic hydroxyl groups excluding tert-OH is 1. The third-order valence-electron chi connectivity index (χ3n) is 4.72. The highest BCUT2D eigenvalue weighted by Gasteiger charge is 2.33. The van der Waals surface area contributed by atoms with Crippen molar-refractivity contribution in [1.29, 1.82) is 0 Å². The van der Waals surface area contributed by atoms with Crippen LogP contribution in [-0.4, -0.2) is 33.6 Å². The van der Waals surface area contributed by atoms with Crippen LogP contribution in [0.1, 0.15) is 37.7 Å². The number of rotatable bonds is 8. The van der Waals surface area contributed by atoms with E-state index < -0.39 is 14.1 Å². The summed E-state index contributed by atoms with van der Waals surface area (Å²) in [6.07, 6.45) is 4.17. The molecule has 0 bridgehead atoms. The number of hydrogen-bond acceptors (Lipinski definition) is 3. The van der Waals surface area contributed by atoms with Crippen molar-refractivity contribution in [3.8, 4) is 0 Å². The number of nitroso groups, excluding NO2 is 1. The van der Waals surface area contributed by atoms with Crippen molar-refractivity contribution in [2.24, 2.45) is 11.8 Å². The minimum Gasteiger partial charge on any atom is -0.386 e. The quantitative estimate of drug-likeness (QED) is 0.535. The van der Waals surface area contributed by atoms with E-state index in [2.05, 4.69) is 0 Å². The van der Waals surface area contributed by atoms with Crippen molar-refractivity contribution in [3.05, 3.63) is 39.8 Å². The standard InChI is InChI=1S/C17H24ClNO4P/c18-16-7-5-13(6-8-16)10-19(21)11-17(20)9-14-3-1-2-4-15(14)12-24(22)23/h5-8,14-15,17,20H,1-4,9-12H2/q+1/p+1/t14-,15?,17?/m0/s1. The number of halogens is 1. The van der Waals surface area contributed by atoms with Crippen molar-refractivity contribution in [2.75, 3.05) is 12.7 Å². The summed E-state index contributed by atoms with van der Waals surface area (Å²) in [7, 11) is -2.14. The van der Waals surface area contributed by atoms with Crippen molar-refractivity contribution < 1.29 is 19.3 Å². The summed E-state index contributed by atoms with van der Waals surface area (Å²) in [5, 5.41) is 10.9. The van der Waals surface area contributed by atoms with Crippen LogP contribution in [0.2, 0.25) is 5.02 Å². The van der Waals surface area contributed by atoms with E-state index in [1.807, 2.05) is 0 Å². The zero-order chi connectivity index (χ0) is 17.5. The molecule has 1 aromatic rings. The van der Waals surface area contributed by atoms with Crippen molar-refractivity contribution in [1.82, 2.24) is 0 Å². The molecule has 2 rings (SSSR count). The van der Waals surface area contributed by atoms with Gasteiger partial charge in [0.2, 0.25) is 13.1 Å². The molecule has 7 heteroatoms. The lowest BCUT2D eigenvalue weighted by Crippen LogP contribution is -2.30. The normalized spacial score (nSPS) is 22.9. The molecule has 1 aliphatic rings. The van der Waals surface area contributed by atoms with E-state index in [1.54, 1.807) is 24.3 Å². The predicted molar refractivity (Wildman–Crippen MR) is 94.4 cm³/mol. The third-order valence-corrected chi connectivity index (χ3v) is 5.75. The maximum Gasteiger partial charge on any atom is 0.505 e. The highest BCUT2D eigenvalue weighted by molar-refractivity contribution is 7.38. The molecule has 1 aliphatic carbocycles. The first-order valence-electron chi connectivity index (χ1n) is 8.42. The van der Waals surface area contributed by atoms with Gasteiger partial charge < -0.3 is 5.11 Å². The molecule has 0 aliphatic heterocycles. The molecule has 24 heavy (non-hydrogen) atoms. The number of hydrogen-bond donors (Lipinski definition) is 2. The van der Waals surface area contributed by atoms with Crippen LogP contribution in [0.25, 0.3) is 0 Å². The van der Waals surface area contributed by atoms with Gasteiger partial charge in [-0.05, 0) is 41.9 Å². The van der Waals surface area contributed by atoms with E-state index in [0.29, 0.717) is 17.6 Å². The van der Waals surface area contributed by atoms with E-state index in [0.717, 1.165) is 36.0 Å². The van der Waals surface area contributed by atoms with Crippen LogP contribution in [0.15, 0.2) is 24.3 Å². The predicted octanol–water partition coefficient (Wildman–Crippen LogP) is 3.91. The second-order valence-corrected chi connectivity index (χ2v) is 8.18. The van der Waals surface area contributed by atoms with Crippen LogP contribution in [0.3, 0.4) is 0 Å². The molecule has 1 aromatic carbocycles. The summed E-state index contributed by atoms with van der Waals surface area (Å²) in [5.41, 5.74) is 0.856. The Morgan fingerprint density at radius 1 is 1.21 bits per heavy atom. The van der Waals surface area contributed by atoms with E-state index in [9.17, 15) is 14.6 Å². The van der Waals surface area contributed by atoms with Crippen LogP contribution < -0.4 is 0 Å². The molecule has 0 radical (unpaired) electrons. The first kappa shape index (κ1) is 19.5. The van der Waals surface area contributed by atoms with Gasteiger partial charge in [0, 0.05) is 26.2 Å². The molecule has 0 saturated heterocycles. The van der Waals surface area contributed by atoms with Crippen LogP contribution in [-0.2, 0) is 11.1 Å². The van der Waals surface area contributed by atoms with Crippen LogP contribution in [0.5, 0.6) is 0 Å². The molecule has 132 valence electrons. The molecular weight excluding hydrogens is 349 g/mol. The topological polar surface area (TPSA) is 77.6 Å². The first-order chi connectivity index (χ1) is 11.4. The first-order valence-corrected chi connectivity index (χ1v) is 10.2. The van der Waals surface area contributed by atoms with E-state index in [4.69, 9.17) is 16.5 Å². The number of benzene rings is 1. The minimum atomic E-state index is -2.14. The zero-order valence-corrected chi connectivity index (χ0v) is 15.3. The second-order valence-electron chi connectivity index (χ2n) is 6.68. The molecule has 1 saturated carbocycles. The molecule has 0 amide bonds. The fourth-order valence-corrected chi connectivity index (χ4v) is 4.56. The van der Waals surface area contributed by atoms with Gasteiger partial charge in [0.05, 0.1) is 0 Å². The maximum absolute atomic E-state index is 12.0. The van der Waals surface area contributed by atoms with Gasteiger partial charge in [-0.15, -0.1) is 0 Å². The van der Waals surface area contributed by atoms with Crippen LogP contribution in [0.4, 0.5) is 0 Å². The Bertz CT molecular complexity index is 566. The SMILES string of the molecule is O=[N+](Cc1ccc(Cl)cc1)CC(O)C[C@@H]1CCCCC1C[P+](=O)O. The van der Waals surface area contributed by atoms with Gasteiger partial charge in [-0.25, -0.2) is 0 Å². The molecule has 2 N–H and O–H groups in total. The summed E-state index contributed by atoms with van der Waals surface area (Å²) >= 11 is 5.82. The second kappa shape index (κ2) is 9.57. The molecular formula is C17H25ClNO4P+2. The lowest BCUT2D eigenvalue weighted by Gasteiger charge is -2.29. The Kier molecular flexibility index (Phi) is 7.76. The van der Waals surface area contributed by atoms with E-state index in [-0.39, 0.29) is 24.9 Å². The lowest BCUT2D eigenvalue weighted by atomic mass is 9.77. The van der Waals surface area contributed by atoms with E-state index >= 15 is 0 Å². The van der Waals surface area contributed by atoms with Crippen LogP contribution >= 0.6 is 19.6 Å². The van der Waals surface area contributed by atoms with Gasteiger partial charge in [-0.1, -0.05) is 36.6 Å². The van der Waals surface area contributed by atoms with Crippen molar-refractivity contribution >= 4 is 19.6 Å². The fraction of sp³-hybridized carbons (Fsp3) is 0.647. The van der Waals surface area contributed by atoms with Crippen molar-refractivity contribution in [2.45, 2.75) is 44.8 Å². The van der Waals surface area contributed by atoms with Crippen molar-refractivity contribution in [3.63, 3.8) is 0 Å². The molecule has 4 atom stereocenters. The fourth-order valence-electron chi connectivity index (χ4n) is 3.55. The maximum atomic E-state index is 12.0. The van der Waals surface area contributed by atoms with Gasteiger partial charge >= 0.3 is 8.03 Å². The van der Waals surface area contributed by atoms with Gasteiger partial charge in [0.15, 0.2) is 6.16 Å². The van der Waals surface area contributed by atoms with Gasteiger partial charge in [0.1, 0.15) is 6.10 Å². The van der Waals surface area contributed by atoms with Gasteiger partial charge in [0.25, 0.3) is 0 Å². The average molecular weight is 374 g/mol. The molecule has 0 aromatic heterocycles. The highest BCUT2D eigenvalue weighted by Crippen LogP contribution is 2.37. The Morgan fingerprint density at radius 2 is 1.83 bits per heavy atom. The number of nitrogens with zero attached hydrogens (tertiary/aromatic N) is 1. The van der Waals surface area contributed by atoms with Gasteiger partial charge in [-0.3, -0.25) is 0 Å². The summed E-state index contributed by atoms with van der Waals surface area (Å²) in [6.45, 7) is 0.266. The summed E-state index contributed by atoms with van der Waals surface area (Å²) in [6, 6.07) is 7.08. The largest absolute Gasteiger partial charge is 0.505 e. The molecule has 0 heterocycles. The van der Waals surface area contributed by atoms with Crippen LogP contribution in [0, 0.1) is 16.7 Å². The monoisotopic (exact) mass is 373 g/mol. The Hall–Kier alpha value is -0.870. The van der Waals surface area contributed by atoms with E-state index in [1.165, 1.54) is 0 Å². The Balaban J connectivity index is 1.82. The summed E-state index contributed by atoms with van der Waals surface area (Å²) in [5.74, 6) is 0.405. The Labute approximate surface area is 148 Å². The highest BCUT2D eigenvalue weighted by atomic mass is 35.5. The molecule has 5 nitrogen and oxygen atoms in total. The average Bonchev–Trinajstić information content (AvgIpc) is 2.51. The molecule has 3 unspecified atom stereocenters. The Morgan fingerprint density at radius 3 is 2.46 bits per heavy atom. The van der Waals surface area contributed by atoms with Gasteiger partial charge in [-0.2, -0.15) is 4.89 Å². The minimum absolute atomic E-state index is 0.0527.